The van der Waals surface area contributed by atoms with Gasteiger partial charge in [0.25, 0.3) is 0 Å². The summed E-state index contributed by atoms with van der Waals surface area (Å²) in [6.07, 6.45) is -1.90. The first-order valence-corrected chi connectivity index (χ1v) is 8.18. The van der Waals surface area contributed by atoms with Gasteiger partial charge < -0.3 is 20.3 Å². The minimum atomic E-state index is -3.29. The average Bonchev–Trinajstić information content (AvgIpc) is 2.63. The van der Waals surface area contributed by atoms with Crippen LogP contribution in [-0.2, 0) is 16.4 Å². The number of methoxy groups -OCH3 is 1. The number of halogens is 1. The molecule has 6 nitrogen and oxygen atoms in total. The van der Waals surface area contributed by atoms with E-state index in [-0.39, 0.29) is 18.1 Å². The van der Waals surface area contributed by atoms with Crippen LogP contribution in [0.15, 0.2) is 12.1 Å². The van der Waals surface area contributed by atoms with Gasteiger partial charge in [0.15, 0.2) is 21.3 Å². The number of aliphatic hydroxyl groups is 1. The lowest BCUT2D eigenvalue weighted by Gasteiger charge is -2.20. The number of hydrogen-bond acceptors (Lipinski definition) is 6. The molecule has 1 aliphatic rings. The number of nitrogens with two attached hydrogens (primary N) is 1. The minimum Gasteiger partial charge on any atom is -0.493 e. The maximum Gasteiger partial charge on any atom is 0.166 e. The van der Waals surface area contributed by atoms with E-state index in [1.165, 1.54) is 7.11 Å². The summed E-state index contributed by atoms with van der Waals surface area (Å²) in [6.45, 7) is 0.155. The summed E-state index contributed by atoms with van der Waals surface area (Å²) < 4.78 is 33.8. The third-order valence-corrected chi connectivity index (χ3v) is 4.98. The van der Waals surface area contributed by atoms with Crippen LogP contribution in [0.1, 0.15) is 5.56 Å². The number of ether oxygens (including phenoxy) is 2. The van der Waals surface area contributed by atoms with Gasteiger partial charge in [-0.3, -0.25) is 0 Å². The smallest absolute Gasteiger partial charge is 0.166 e. The van der Waals surface area contributed by atoms with E-state index in [1.807, 2.05) is 0 Å². The molecule has 1 fully saturated rings. The van der Waals surface area contributed by atoms with Crippen LogP contribution in [0.3, 0.4) is 0 Å². The normalized spacial score (nSPS) is 24.6. The molecule has 0 spiro atoms. The quantitative estimate of drug-likeness (QED) is 0.830. The highest BCUT2D eigenvalue weighted by molar-refractivity contribution is 7.91. The van der Waals surface area contributed by atoms with Crippen molar-refractivity contribution in [3.8, 4) is 11.5 Å². The molecule has 1 aliphatic heterocycles. The van der Waals surface area contributed by atoms with Crippen molar-refractivity contribution in [3.63, 3.8) is 0 Å². The molecule has 0 bridgehead atoms. The Morgan fingerprint density at radius 1 is 1.45 bits per heavy atom. The van der Waals surface area contributed by atoms with E-state index in [2.05, 4.69) is 0 Å². The fraction of sp³-hybridized carbons (Fsp3) is 0.500. The summed E-state index contributed by atoms with van der Waals surface area (Å²) in [5, 5.41) is 10.2. The second-order valence-electron chi connectivity index (χ2n) is 4.60. The average molecular weight is 322 g/mol. The maximum absolute atomic E-state index is 11.5. The van der Waals surface area contributed by atoms with E-state index in [4.69, 9.17) is 26.8 Å². The lowest BCUT2D eigenvalue weighted by Crippen LogP contribution is -2.30. The zero-order chi connectivity index (χ0) is 14.9. The number of benzene rings is 1. The molecular formula is C12H16ClNO5S. The molecule has 20 heavy (non-hydrogen) atoms. The van der Waals surface area contributed by atoms with Crippen LogP contribution < -0.4 is 15.2 Å². The summed E-state index contributed by atoms with van der Waals surface area (Å²) >= 11 is 5.93. The van der Waals surface area contributed by atoms with Crippen LogP contribution in [0.5, 0.6) is 11.5 Å². The maximum atomic E-state index is 11.5. The van der Waals surface area contributed by atoms with Crippen molar-refractivity contribution >= 4 is 21.4 Å². The fourth-order valence-corrected chi connectivity index (χ4v) is 4.01. The Bertz CT molecular complexity index is 579. The molecule has 2 rings (SSSR count). The third-order valence-electron chi connectivity index (χ3n) is 3.08. The van der Waals surface area contributed by atoms with Crippen molar-refractivity contribution in [1.82, 2.24) is 0 Å². The molecule has 2 unspecified atom stereocenters. The Labute approximate surface area is 122 Å². The predicted octanol–water partition coefficient (Wildman–Crippen LogP) is 0.344. The summed E-state index contributed by atoms with van der Waals surface area (Å²) in [5.41, 5.74) is 6.22. The molecule has 1 heterocycles. The summed E-state index contributed by atoms with van der Waals surface area (Å²) in [5.74, 6) is 0.144. The first-order chi connectivity index (χ1) is 9.36. The van der Waals surface area contributed by atoms with Crippen molar-refractivity contribution in [2.45, 2.75) is 18.8 Å². The van der Waals surface area contributed by atoms with Crippen LogP contribution in [-0.4, -0.2) is 44.3 Å². The molecule has 0 aliphatic carbocycles. The van der Waals surface area contributed by atoms with Gasteiger partial charge in [-0.15, -0.1) is 0 Å². The van der Waals surface area contributed by atoms with Gasteiger partial charge in [-0.2, -0.15) is 0 Å². The van der Waals surface area contributed by atoms with Crippen molar-refractivity contribution in [2.24, 2.45) is 5.73 Å². The molecule has 0 radical (unpaired) electrons. The number of aliphatic hydroxyl groups excluding tert-OH is 1. The van der Waals surface area contributed by atoms with E-state index in [0.717, 1.165) is 0 Å². The third kappa shape index (κ3) is 3.17. The van der Waals surface area contributed by atoms with Crippen molar-refractivity contribution < 1.29 is 23.0 Å². The Morgan fingerprint density at radius 2 is 2.15 bits per heavy atom. The van der Waals surface area contributed by atoms with Gasteiger partial charge in [0.05, 0.1) is 18.6 Å². The Balaban J connectivity index is 2.33. The monoisotopic (exact) mass is 321 g/mol. The first kappa shape index (κ1) is 15.4. The highest BCUT2D eigenvalue weighted by atomic mass is 35.5. The van der Waals surface area contributed by atoms with E-state index in [9.17, 15) is 13.5 Å². The lowest BCUT2D eigenvalue weighted by atomic mass is 10.1. The Morgan fingerprint density at radius 3 is 2.65 bits per heavy atom. The van der Waals surface area contributed by atoms with Crippen LogP contribution in [0.2, 0.25) is 5.02 Å². The predicted molar refractivity (Wildman–Crippen MR) is 75.0 cm³/mol. The second-order valence-corrected chi connectivity index (χ2v) is 7.19. The topological polar surface area (TPSA) is 98.9 Å². The summed E-state index contributed by atoms with van der Waals surface area (Å²) in [7, 11) is -1.84. The minimum absolute atomic E-state index is 0.155. The first-order valence-electron chi connectivity index (χ1n) is 5.98. The van der Waals surface area contributed by atoms with Crippen molar-refractivity contribution in [3.05, 3.63) is 22.7 Å². The Kier molecular flexibility index (Phi) is 4.43. The van der Waals surface area contributed by atoms with Crippen molar-refractivity contribution in [2.75, 3.05) is 18.6 Å². The molecule has 3 N–H and O–H groups in total. The fourth-order valence-electron chi connectivity index (χ4n) is 2.12. The molecule has 0 amide bonds. The zero-order valence-electron chi connectivity index (χ0n) is 10.9. The lowest BCUT2D eigenvalue weighted by molar-refractivity contribution is 0.0711. The molecule has 1 aromatic rings. The number of hydrogen-bond donors (Lipinski definition) is 2. The molecular weight excluding hydrogens is 306 g/mol. The highest BCUT2D eigenvalue weighted by Crippen LogP contribution is 2.36. The van der Waals surface area contributed by atoms with Gasteiger partial charge in [-0.1, -0.05) is 11.6 Å². The van der Waals surface area contributed by atoms with Crippen LogP contribution in [0, 0.1) is 0 Å². The van der Waals surface area contributed by atoms with Crippen molar-refractivity contribution in [1.29, 1.82) is 0 Å². The van der Waals surface area contributed by atoms with Crippen LogP contribution in [0.25, 0.3) is 0 Å². The standard InChI is InChI=1S/C12H16ClNO5S/c1-18-10-3-8(13)2-7(4-14)12(10)19-11-6-20(16,17)5-9(11)15/h2-3,9,11,15H,4-6,14H2,1H3. The molecule has 1 saturated heterocycles. The molecule has 112 valence electrons. The largest absolute Gasteiger partial charge is 0.493 e. The van der Waals surface area contributed by atoms with Gasteiger partial charge >= 0.3 is 0 Å². The molecule has 8 heteroatoms. The number of sulfone groups is 1. The van der Waals surface area contributed by atoms with Gasteiger partial charge in [-0.05, 0) is 6.07 Å². The molecule has 0 saturated carbocycles. The zero-order valence-corrected chi connectivity index (χ0v) is 12.4. The summed E-state index contributed by atoms with van der Waals surface area (Å²) in [6, 6.07) is 3.17. The molecule has 2 atom stereocenters. The van der Waals surface area contributed by atoms with Gasteiger partial charge in [-0.25, -0.2) is 8.42 Å². The number of rotatable bonds is 4. The van der Waals surface area contributed by atoms with Crippen LogP contribution >= 0.6 is 11.6 Å². The van der Waals surface area contributed by atoms with E-state index >= 15 is 0 Å². The van der Waals surface area contributed by atoms with E-state index in [0.29, 0.717) is 22.1 Å². The van der Waals surface area contributed by atoms with Gasteiger partial charge in [0.2, 0.25) is 0 Å². The van der Waals surface area contributed by atoms with E-state index < -0.39 is 22.0 Å². The second kappa shape index (κ2) is 5.77. The van der Waals surface area contributed by atoms with Gasteiger partial charge in [0.1, 0.15) is 12.2 Å². The molecule has 0 aromatic heterocycles. The molecule has 1 aromatic carbocycles. The van der Waals surface area contributed by atoms with Gasteiger partial charge in [0, 0.05) is 23.2 Å². The highest BCUT2D eigenvalue weighted by Gasteiger charge is 2.38. The summed E-state index contributed by atoms with van der Waals surface area (Å²) in [4.78, 5) is 0. The van der Waals surface area contributed by atoms with E-state index in [1.54, 1.807) is 12.1 Å². The Hall–Kier alpha value is -1.02. The van der Waals surface area contributed by atoms with Crippen LogP contribution in [0.4, 0.5) is 0 Å². The SMILES string of the molecule is COc1cc(Cl)cc(CN)c1OC1CS(=O)(=O)CC1O.